The second kappa shape index (κ2) is 7.88. The average Bonchev–Trinajstić information content (AvgIpc) is 2.69. The third-order valence-corrected chi connectivity index (χ3v) is 4.13. The van der Waals surface area contributed by atoms with E-state index < -0.39 is 0 Å². The molecule has 0 fully saturated rings. The number of aryl methyl sites for hydroxylation is 1. The van der Waals surface area contributed by atoms with Gasteiger partial charge in [0.15, 0.2) is 0 Å². The highest BCUT2D eigenvalue weighted by Crippen LogP contribution is 2.27. The molecule has 0 saturated heterocycles. The molecule has 1 heterocycles. The van der Waals surface area contributed by atoms with Crippen LogP contribution in [0.1, 0.15) is 62.3 Å². The maximum atomic E-state index is 3.68. The molecule has 0 aliphatic heterocycles. The molecule has 0 aliphatic carbocycles. The molecule has 0 saturated carbocycles. The van der Waals surface area contributed by atoms with Crippen molar-refractivity contribution >= 4 is 11.3 Å². The van der Waals surface area contributed by atoms with Gasteiger partial charge < -0.3 is 5.32 Å². The Hall–Kier alpha value is -0.340. The van der Waals surface area contributed by atoms with Crippen LogP contribution in [0.5, 0.6) is 0 Å². The number of rotatable bonds is 8. The highest BCUT2D eigenvalue weighted by molar-refractivity contribution is 7.12. The van der Waals surface area contributed by atoms with E-state index in [-0.39, 0.29) is 0 Å². The van der Waals surface area contributed by atoms with Crippen LogP contribution in [0.2, 0.25) is 0 Å². The van der Waals surface area contributed by atoms with E-state index in [1.165, 1.54) is 35.4 Å². The number of hydrogen-bond donors (Lipinski definition) is 1. The average molecular weight is 253 g/mol. The van der Waals surface area contributed by atoms with Crippen molar-refractivity contribution in [2.45, 2.75) is 59.4 Å². The summed E-state index contributed by atoms with van der Waals surface area (Å²) in [5, 5.41) is 3.68. The fourth-order valence-electron chi connectivity index (χ4n) is 2.03. The fraction of sp³-hybridized carbons (Fsp3) is 0.733. The van der Waals surface area contributed by atoms with Gasteiger partial charge in [-0.05, 0) is 44.4 Å². The summed E-state index contributed by atoms with van der Waals surface area (Å²) in [7, 11) is 0. The lowest BCUT2D eigenvalue weighted by molar-refractivity contribution is 0.452. The summed E-state index contributed by atoms with van der Waals surface area (Å²) >= 11 is 1.94. The number of thiophene rings is 1. The Kier molecular flexibility index (Phi) is 6.83. The van der Waals surface area contributed by atoms with Crippen molar-refractivity contribution in [3.8, 4) is 0 Å². The zero-order valence-electron chi connectivity index (χ0n) is 11.8. The van der Waals surface area contributed by atoms with E-state index in [0.29, 0.717) is 6.04 Å². The fourth-order valence-corrected chi connectivity index (χ4v) is 3.02. The molecular weight excluding hydrogens is 226 g/mol. The summed E-state index contributed by atoms with van der Waals surface area (Å²) in [6, 6.07) is 5.11. The topological polar surface area (TPSA) is 12.0 Å². The van der Waals surface area contributed by atoms with Gasteiger partial charge >= 0.3 is 0 Å². The molecule has 0 aromatic carbocycles. The molecule has 0 spiro atoms. The maximum absolute atomic E-state index is 3.68. The second-order valence-electron chi connectivity index (χ2n) is 5.28. The lowest BCUT2D eigenvalue weighted by atomic mass is 10.0. The Morgan fingerprint density at radius 2 is 2.00 bits per heavy atom. The van der Waals surface area contributed by atoms with Crippen molar-refractivity contribution in [2.24, 2.45) is 5.92 Å². The minimum absolute atomic E-state index is 0.576. The number of hydrogen-bond acceptors (Lipinski definition) is 2. The van der Waals surface area contributed by atoms with E-state index in [0.717, 1.165) is 12.5 Å². The third-order valence-electron chi connectivity index (χ3n) is 3.02. The van der Waals surface area contributed by atoms with Crippen LogP contribution < -0.4 is 5.32 Å². The normalized spacial score (nSPS) is 13.2. The lowest BCUT2D eigenvalue weighted by Crippen LogP contribution is -2.21. The van der Waals surface area contributed by atoms with Crippen LogP contribution in [-0.4, -0.2) is 6.54 Å². The van der Waals surface area contributed by atoms with Gasteiger partial charge in [-0.1, -0.05) is 33.6 Å². The van der Waals surface area contributed by atoms with Crippen LogP contribution in [0.3, 0.4) is 0 Å². The first-order valence-corrected chi connectivity index (χ1v) is 7.74. The minimum atomic E-state index is 0.576. The van der Waals surface area contributed by atoms with Crippen molar-refractivity contribution in [3.05, 3.63) is 21.9 Å². The van der Waals surface area contributed by atoms with Gasteiger partial charge in [-0.25, -0.2) is 0 Å². The van der Waals surface area contributed by atoms with E-state index in [2.05, 4.69) is 45.1 Å². The molecule has 2 heteroatoms. The van der Waals surface area contributed by atoms with Crippen LogP contribution in [0.15, 0.2) is 12.1 Å². The van der Waals surface area contributed by atoms with Gasteiger partial charge in [0.1, 0.15) is 0 Å². The first-order valence-electron chi connectivity index (χ1n) is 6.93. The van der Waals surface area contributed by atoms with E-state index in [4.69, 9.17) is 0 Å². The molecule has 0 bridgehead atoms. The van der Waals surface area contributed by atoms with Crippen LogP contribution in [0, 0.1) is 12.8 Å². The molecule has 1 aromatic rings. The first kappa shape index (κ1) is 14.7. The standard InChI is InChI=1S/C15H27NS/c1-5-11-16-14(8-6-7-12(2)3)15-10-9-13(4)17-15/h9-10,12,14,16H,5-8,11H2,1-4H3. The highest BCUT2D eigenvalue weighted by Gasteiger charge is 2.12. The zero-order chi connectivity index (χ0) is 12.7. The van der Waals surface area contributed by atoms with Crippen LogP contribution in [0.25, 0.3) is 0 Å². The summed E-state index contributed by atoms with van der Waals surface area (Å²) in [5.74, 6) is 0.826. The smallest absolute Gasteiger partial charge is 0.0414 e. The molecule has 1 unspecified atom stereocenters. The molecule has 0 amide bonds. The first-order chi connectivity index (χ1) is 8.13. The van der Waals surface area contributed by atoms with Gasteiger partial charge in [0.05, 0.1) is 0 Å². The van der Waals surface area contributed by atoms with E-state index >= 15 is 0 Å². The quantitative estimate of drug-likeness (QED) is 0.693. The Morgan fingerprint density at radius 3 is 2.53 bits per heavy atom. The molecule has 98 valence electrons. The molecule has 1 nitrogen and oxygen atoms in total. The summed E-state index contributed by atoms with van der Waals surface area (Å²) < 4.78 is 0. The monoisotopic (exact) mass is 253 g/mol. The summed E-state index contributed by atoms with van der Waals surface area (Å²) in [6.07, 6.45) is 5.16. The Morgan fingerprint density at radius 1 is 1.24 bits per heavy atom. The SMILES string of the molecule is CCCNC(CCCC(C)C)c1ccc(C)s1. The van der Waals surface area contributed by atoms with Crippen molar-refractivity contribution in [1.29, 1.82) is 0 Å². The van der Waals surface area contributed by atoms with Crippen molar-refractivity contribution in [3.63, 3.8) is 0 Å². The van der Waals surface area contributed by atoms with Gasteiger partial charge in [-0.3, -0.25) is 0 Å². The minimum Gasteiger partial charge on any atom is -0.309 e. The molecule has 1 atom stereocenters. The molecular formula is C15H27NS. The second-order valence-corrected chi connectivity index (χ2v) is 6.60. The molecule has 1 N–H and O–H groups in total. The van der Waals surface area contributed by atoms with Gasteiger partial charge in [0, 0.05) is 15.8 Å². The van der Waals surface area contributed by atoms with Crippen molar-refractivity contribution in [1.82, 2.24) is 5.32 Å². The predicted octanol–water partition coefficient (Wildman–Crippen LogP) is 4.92. The van der Waals surface area contributed by atoms with Crippen molar-refractivity contribution in [2.75, 3.05) is 6.54 Å². The van der Waals surface area contributed by atoms with E-state index in [1.807, 2.05) is 11.3 Å². The highest BCUT2D eigenvalue weighted by atomic mass is 32.1. The summed E-state index contributed by atoms with van der Waals surface area (Å²) in [6.45, 7) is 10.2. The molecule has 0 radical (unpaired) electrons. The van der Waals surface area contributed by atoms with E-state index in [1.54, 1.807) is 0 Å². The van der Waals surface area contributed by atoms with Gasteiger partial charge in [-0.15, -0.1) is 11.3 Å². The molecule has 17 heavy (non-hydrogen) atoms. The van der Waals surface area contributed by atoms with Gasteiger partial charge in [0.25, 0.3) is 0 Å². The molecule has 0 aliphatic rings. The zero-order valence-corrected chi connectivity index (χ0v) is 12.6. The van der Waals surface area contributed by atoms with Crippen LogP contribution in [-0.2, 0) is 0 Å². The maximum Gasteiger partial charge on any atom is 0.0414 e. The lowest BCUT2D eigenvalue weighted by Gasteiger charge is -2.17. The Labute approximate surface area is 111 Å². The Bertz CT molecular complexity index is 304. The Balaban J connectivity index is 2.48. The van der Waals surface area contributed by atoms with Gasteiger partial charge in [-0.2, -0.15) is 0 Å². The largest absolute Gasteiger partial charge is 0.309 e. The van der Waals surface area contributed by atoms with Crippen molar-refractivity contribution < 1.29 is 0 Å². The molecule has 1 aromatic heterocycles. The van der Waals surface area contributed by atoms with Crippen LogP contribution in [0.4, 0.5) is 0 Å². The van der Waals surface area contributed by atoms with Gasteiger partial charge in [0.2, 0.25) is 0 Å². The predicted molar refractivity (Wildman–Crippen MR) is 78.8 cm³/mol. The summed E-state index contributed by atoms with van der Waals surface area (Å²) in [4.78, 5) is 2.94. The number of nitrogens with one attached hydrogen (secondary N) is 1. The van der Waals surface area contributed by atoms with E-state index in [9.17, 15) is 0 Å². The summed E-state index contributed by atoms with van der Waals surface area (Å²) in [5.41, 5.74) is 0. The third kappa shape index (κ3) is 5.69. The van der Waals surface area contributed by atoms with Crippen LogP contribution >= 0.6 is 11.3 Å². The molecule has 1 rings (SSSR count).